The van der Waals surface area contributed by atoms with Gasteiger partial charge < -0.3 is 5.32 Å². The van der Waals surface area contributed by atoms with Crippen molar-refractivity contribution >= 4 is 17.5 Å². The number of carbonyl (C=O) groups excluding carboxylic acids is 1. The Kier molecular flexibility index (Phi) is 6.60. The van der Waals surface area contributed by atoms with Crippen LogP contribution in [0.2, 0.25) is 5.02 Å². The molecular formula is C23H22ClF3N4O2. The molecule has 0 unspecified atom stereocenters. The van der Waals surface area contributed by atoms with Gasteiger partial charge >= 0.3 is 11.9 Å². The first-order chi connectivity index (χ1) is 15.7. The molecule has 1 aromatic heterocycles. The van der Waals surface area contributed by atoms with Gasteiger partial charge in [-0.15, -0.1) is 5.10 Å². The molecule has 33 heavy (non-hydrogen) atoms. The Hall–Kier alpha value is -3.07. The first-order valence-electron chi connectivity index (χ1n) is 10.6. The van der Waals surface area contributed by atoms with Crippen molar-refractivity contribution in [2.75, 3.05) is 6.54 Å². The summed E-state index contributed by atoms with van der Waals surface area (Å²) in [5.74, 6) is 0.155. The van der Waals surface area contributed by atoms with Crippen molar-refractivity contribution in [1.82, 2.24) is 19.7 Å². The van der Waals surface area contributed by atoms with Crippen molar-refractivity contribution in [3.05, 3.63) is 75.2 Å². The summed E-state index contributed by atoms with van der Waals surface area (Å²) in [6.45, 7) is 0.126. The lowest BCUT2D eigenvalue weighted by molar-refractivity contribution is -0.137. The molecule has 4 rings (SSSR count). The number of nitrogens with one attached hydrogen (secondary N) is 1. The molecule has 0 saturated heterocycles. The SMILES string of the molecule is O=C(Cn1nc(-c2ccc(Cl)cc2)n(C2CC2)c1=O)NCCCc1ccc(C(F)(F)F)cc1. The number of hydrogen-bond acceptors (Lipinski definition) is 3. The highest BCUT2D eigenvalue weighted by Crippen LogP contribution is 2.36. The van der Waals surface area contributed by atoms with Gasteiger partial charge in [0.25, 0.3) is 0 Å². The third-order valence-electron chi connectivity index (χ3n) is 5.42. The largest absolute Gasteiger partial charge is 0.416 e. The molecule has 1 amide bonds. The predicted molar refractivity (Wildman–Crippen MR) is 118 cm³/mol. The summed E-state index contributed by atoms with van der Waals surface area (Å²) in [5.41, 5.74) is 0.485. The van der Waals surface area contributed by atoms with Crippen molar-refractivity contribution < 1.29 is 18.0 Å². The van der Waals surface area contributed by atoms with Gasteiger partial charge in [-0.05, 0) is 67.6 Å². The van der Waals surface area contributed by atoms with E-state index < -0.39 is 11.7 Å². The molecule has 0 aliphatic heterocycles. The van der Waals surface area contributed by atoms with Crippen LogP contribution in [0, 0.1) is 0 Å². The van der Waals surface area contributed by atoms with Gasteiger partial charge in [0.2, 0.25) is 5.91 Å². The number of carbonyl (C=O) groups is 1. The Balaban J connectivity index is 1.34. The zero-order valence-corrected chi connectivity index (χ0v) is 18.4. The summed E-state index contributed by atoms with van der Waals surface area (Å²) in [5, 5.41) is 7.70. The van der Waals surface area contributed by atoms with Gasteiger partial charge in [0, 0.05) is 23.2 Å². The molecule has 6 nitrogen and oxygen atoms in total. The molecule has 0 atom stereocenters. The fourth-order valence-electron chi connectivity index (χ4n) is 3.55. The van der Waals surface area contributed by atoms with E-state index in [4.69, 9.17) is 11.6 Å². The van der Waals surface area contributed by atoms with E-state index in [1.54, 1.807) is 28.8 Å². The minimum atomic E-state index is -4.36. The Morgan fingerprint density at radius 1 is 1.09 bits per heavy atom. The molecule has 2 aromatic carbocycles. The van der Waals surface area contributed by atoms with Crippen molar-refractivity contribution in [1.29, 1.82) is 0 Å². The number of benzene rings is 2. The second-order valence-corrected chi connectivity index (χ2v) is 8.46. The van der Waals surface area contributed by atoms with Crippen LogP contribution in [-0.4, -0.2) is 26.8 Å². The lowest BCUT2D eigenvalue weighted by Crippen LogP contribution is -2.34. The third kappa shape index (κ3) is 5.65. The summed E-state index contributed by atoms with van der Waals surface area (Å²) >= 11 is 5.95. The van der Waals surface area contributed by atoms with Crippen LogP contribution in [0.4, 0.5) is 13.2 Å². The molecule has 10 heteroatoms. The van der Waals surface area contributed by atoms with Gasteiger partial charge in [-0.2, -0.15) is 13.2 Å². The van der Waals surface area contributed by atoms with Crippen LogP contribution in [0.25, 0.3) is 11.4 Å². The zero-order valence-electron chi connectivity index (χ0n) is 17.6. The highest BCUT2D eigenvalue weighted by atomic mass is 35.5. The maximum absolute atomic E-state index is 12.8. The van der Waals surface area contributed by atoms with Gasteiger partial charge in [0.05, 0.1) is 5.56 Å². The molecule has 1 fully saturated rings. The number of aromatic nitrogens is 3. The Morgan fingerprint density at radius 3 is 2.36 bits per heavy atom. The molecule has 1 saturated carbocycles. The Bertz CT molecular complexity index is 1180. The number of amides is 1. The van der Waals surface area contributed by atoms with E-state index in [-0.39, 0.29) is 24.2 Å². The second kappa shape index (κ2) is 9.43. The molecule has 174 valence electrons. The first-order valence-corrected chi connectivity index (χ1v) is 11.0. The second-order valence-electron chi connectivity index (χ2n) is 8.02. The number of halogens is 4. The van der Waals surface area contributed by atoms with Gasteiger partial charge in [0.1, 0.15) is 6.54 Å². The highest BCUT2D eigenvalue weighted by Gasteiger charge is 2.31. The van der Waals surface area contributed by atoms with Crippen LogP contribution in [0.5, 0.6) is 0 Å². The smallest absolute Gasteiger partial charge is 0.354 e. The van der Waals surface area contributed by atoms with Crippen LogP contribution in [0.1, 0.15) is 36.4 Å². The molecule has 3 aromatic rings. The average Bonchev–Trinajstić information content (AvgIpc) is 3.56. The van der Waals surface area contributed by atoms with E-state index in [1.165, 1.54) is 12.1 Å². The van der Waals surface area contributed by atoms with Crippen molar-refractivity contribution in [3.63, 3.8) is 0 Å². The number of alkyl halides is 3. The summed E-state index contributed by atoms with van der Waals surface area (Å²) in [7, 11) is 0. The van der Waals surface area contributed by atoms with E-state index in [2.05, 4.69) is 10.4 Å². The fourth-order valence-corrected chi connectivity index (χ4v) is 3.68. The average molecular weight is 479 g/mol. The molecule has 1 heterocycles. The van der Waals surface area contributed by atoms with Crippen molar-refractivity contribution in [2.45, 2.75) is 44.4 Å². The van der Waals surface area contributed by atoms with Gasteiger partial charge in [0.15, 0.2) is 5.82 Å². The Labute approximate surface area is 193 Å². The number of hydrogen-bond donors (Lipinski definition) is 1. The molecule has 0 spiro atoms. The maximum atomic E-state index is 12.8. The molecular weight excluding hydrogens is 457 g/mol. The molecule has 1 N–H and O–H groups in total. The summed E-state index contributed by atoms with van der Waals surface area (Å²) in [6.07, 6.45) is -1.50. The summed E-state index contributed by atoms with van der Waals surface area (Å²) in [6, 6.07) is 12.1. The van der Waals surface area contributed by atoms with E-state index in [0.717, 1.165) is 40.8 Å². The summed E-state index contributed by atoms with van der Waals surface area (Å²) < 4.78 is 40.7. The number of rotatable bonds is 8. The van der Waals surface area contributed by atoms with Crippen LogP contribution < -0.4 is 11.0 Å². The van der Waals surface area contributed by atoms with Gasteiger partial charge in [-0.1, -0.05) is 23.7 Å². The predicted octanol–water partition coefficient (Wildman–Crippen LogP) is 4.47. The molecule has 1 aliphatic carbocycles. The number of nitrogens with zero attached hydrogens (tertiary/aromatic N) is 3. The normalized spacial score (nSPS) is 13.8. The van der Waals surface area contributed by atoms with Crippen LogP contribution >= 0.6 is 11.6 Å². The molecule has 0 radical (unpaired) electrons. The topological polar surface area (TPSA) is 68.9 Å². The lowest BCUT2D eigenvalue weighted by atomic mass is 10.1. The maximum Gasteiger partial charge on any atom is 0.416 e. The van der Waals surface area contributed by atoms with Crippen molar-refractivity contribution in [3.8, 4) is 11.4 Å². The van der Waals surface area contributed by atoms with E-state index in [1.807, 2.05) is 0 Å². The van der Waals surface area contributed by atoms with Gasteiger partial charge in [-0.3, -0.25) is 9.36 Å². The van der Waals surface area contributed by atoms with E-state index >= 15 is 0 Å². The standard InChI is InChI=1S/C23H22ClF3N4O2/c24-18-9-5-16(6-10-18)21-29-30(22(33)31(21)19-11-12-19)14-20(32)28-13-1-2-15-3-7-17(8-4-15)23(25,26)27/h3-10,19H,1-2,11-14H2,(H,28,32). The number of aryl methyl sites for hydroxylation is 1. The minimum Gasteiger partial charge on any atom is -0.354 e. The zero-order chi connectivity index (χ0) is 23.6. The molecule has 0 bridgehead atoms. The fraction of sp³-hybridized carbons (Fsp3) is 0.348. The van der Waals surface area contributed by atoms with Crippen LogP contribution in [-0.2, 0) is 23.9 Å². The highest BCUT2D eigenvalue weighted by molar-refractivity contribution is 6.30. The van der Waals surface area contributed by atoms with Crippen molar-refractivity contribution in [2.24, 2.45) is 0 Å². The lowest BCUT2D eigenvalue weighted by Gasteiger charge is -2.08. The van der Waals surface area contributed by atoms with Gasteiger partial charge in [-0.25, -0.2) is 9.48 Å². The third-order valence-corrected chi connectivity index (χ3v) is 5.68. The van der Waals surface area contributed by atoms with E-state index in [9.17, 15) is 22.8 Å². The summed E-state index contributed by atoms with van der Waals surface area (Å²) in [4.78, 5) is 25.2. The monoisotopic (exact) mass is 478 g/mol. The Morgan fingerprint density at radius 2 is 1.76 bits per heavy atom. The van der Waals surface area contributed by atoms with Crippen LogP contribution in [0.15, 0.2) is 53.3 Å². The minimum absolute atomic E-state index is 0.0868. The molecule has 1 aliphatic rings. The van der Waals surface area contributed by atoms with E-state index in [0.29, 0.717) is 30.2 Å². The first kappa shape index (κ1) is 23.1. The van der Waals surface area contributed by atoms with Crippen LogP contribution in [0.3, 0.4) is 0 Å². The quantitative estimate of drug-likeness (QED) is 0.486.